The van der Waals surface area contributed by atoms with Crippen LogP contribution < -0.4 is 21.1 Å². The van der Waals surface area contributed by atoms with E-state index in [0.717, 1.165) is 84.6 Å². The molecule has 2 fully saturated rings. The lowest BCUT2D eigenvalue weighted by Gasteiger charge is -2.37. The number of H-pyrrole nitrogens is 1. The van der Waals surface area contributed by atoms with Crippen LogP contribution in [0.2, 0.25) is 0 Å². The Morgan fingerprint density at radius 2 is 1.73 bits per heavy atom. The molecule has 2 amide bonds. The summed E-state index contributed by atoms with van der Waals surface area (Å²) in [6.45, 7) is 10.6. The molecule has 3 heterocycles. The van der Waals surface area contributed by atoms with Gasteiger partial charge in [0.15, 0.2) is 0 Å². The smallest absolute Gasteiger partial charge is 0.253 e. The molecule has 2 aromatic heterocycles. The third kappa shape index (κ3) is 8.00. The first-order valence-corrected chi connectivity index (χ1v) is 16.4. The molecule has 5 rings (SSSR count). The second kappa shape index (κ2) is 14.4. The van der Waals surface area contributed by atoms with Gasteiger partial charge in [-0.15, -0.1) is 0 Å². The number of rotatable bonds is 9. The molecule has 240 valence electrons. The lowest BCUT2D eigenvalue weighted by molar-refractivity contribution is -0.119. The van der Waals surface area contributed by atoms with Gasteiger partial charge < -0.3 is 20.5 Å². The number of hydrogen-bond donors (Lipinski definition) is 3. The van der Waals surface area contributed by atoms with Crippen LogP contribution in [0.1, 0.15) is 90.3 Å². The van der Waals surface area contributed by atoms with E-state index < -0.39 is 0 Å². The van der Waals surface area contributed by atoms with Gasteiger partial charge in [-0.3, -0.25) is 24.3 Å². The van der Waals surface area contributed by atoms with E-state index in [-0.39, 0.29) is 30.0 Å². The molecule has 0 atom stereocenters. The average Bonchev–Trinajstić information content (AvgIpc) is 3.01. The molecule has 9 nitrogen and oxygen atoms in total. The summed E-state index contributed by atoms with van der Waals surface area (Å²) in [5.41, 5.74) is 7.46. The van der Waals surface area contributed by atoms with Gasteiger partial charge in [-0.05, 0) is 113 Å². The van der Waals surface area contributed by atoms with Gasteiger partial charge >= 0.3 is 0 Å². The fourth-order valence-corrected chi connectivity index (χ4v) is 6.96. The molecule has 1 saturated carbocycles. The first-order chi connectivity index (χ1) is 21.6. The molecule has 2 aliphatic rings. The van der Waals surface area contributed by atoms with Crippen molar-refractivity contribution in [1.82, 2.24) is 25.5 Å². The van der Waals surface area contributed by atoms with Gasteiger partial charge in [-0.2, -0.15) is 0 Å². The van der Waals surface area contributed by atoms with Crippen LogP contribution in [0.3, 0.4) is 0 Å². The van der Waals surface area contributed by atoms with Gasteiger partial charge in [0, 0.05) is 73.4 Å². The fourth-order valence-electron chi connectivity index (χ4n) is 6.96. The highest BCUT2D eigenvalue weighted by Gasteiger charge is 2.27. The van der Waals surface area contributed by atoms with Crippen molar-refractivity contribution in [2.45, 2.75) is 97.8 Å². The van der Waals surface area contributed by atoms with Crippen LogP contribution in [0.4, 0.5) is 5.69 Å². The zero-order valence-electron chi connectivity index (χ0n) is 27.5. The number of amides is 2. The maximum atomic E-state index is 13.8. The van der Waals surface area contributed by atoms with Crippen LogP contribution in [0.5, 0.6) is 0 Å². The van der Waals surface area contributed by atoms with Crippen LogP contribution >= 0.6 is 0 Å². The van der Waals surface area contributed by atoms with Crippen molar-refractivity contribution in [3.63, 3.8) is 0 Å². The minimum atomic E-state index is -0.215. The molecule has 0 bridgehead atoms. The molecule has 1 saturated heterocycles. The molecule has 1 aliphatic carbocycles. The monoisotopic (exact) mass is 612 g/mol. The molecule has 3 N–H and O–H groups in total. The molecule has 0 spiro atoms. The fraction of sp³-hybridized carbons (Fsp3) is 0.500. The van der Waals surface area contributed by atoms with Crippen LogP contribution in [0, 0.1) is 20.8 Å². The third-order valence-corrected chi connectivity index (χ3v) is 9.57. The van der Waals surface area contributed by atoms with Gasteiger partial charge in [0.25, 0.3) is 11.5 Å². The maximum Gasteiger partial charge on any atom is 0.253 e. The molecular formula is C36H48N6O3. The summed E-state index contributed by atoms with van der Waals surface area (Å²) in [7, 11) is 2.10. The first-order valence-electron chi connectivity index (χ1n) is 16.4. The summed E-state index contributed by atoms with van der Waals surface area (Å²) in [4.78, 5) is 50.4. The minimum Gasteiger partial charge on any atom is -0.371 e. The third-order valence-electron chi connectivity index (χ3n) is 9.57. The van der Waals surface area contributed by atoms with Gasteiger partial charge in [0.2, 0.25) is 5.91 Å². The number of anilines is 1. The zero-order valence-corrected chi connectivity index (χ0v) is 27.5. The Morgan fingerprint density at radius 1 is 1.00 bits per heavy atom. The van der Waals surface area contributed by atoms with E-state index in [1.54, 1.807) is 6.92 Å². The van der Waals surface area contributed by atoms with Crippen molar-refractivity contribution in [2.75, 3.05) is 25.0 Å². The number of aryl methyl sites for hydroxylation is 2. The van der Waals surface area contributed by atoms with Gasteiger partial charge in [-0.25, -0.2) is 0 Å². The summed E-state index contributed by atoms with van der Waals surface area (Å²) in [6.07, 6.45) is 9.47. The SMILES string of the molecule is CC(=O)N[C@H]1CC[C@H](N(C)c2cc(-c3ccc(CN4CCCCC4)nc3)cc(C(=O)NCc3c(C)cc(C)[nH]c3=O)c2C)CC1. The van der Waals surface area contributed by atoms with Crippen molar-refractivity contribution in [3.05, 3.63) is 80.5 Å². The average molecular weight is 613 g/mol. The quantitative estimate of drug-likeness (QED) is 0.308. The predicted octanol–water partition coefficient (Wildman–Crippen LogP) is 5.16. The molecule has 0 radical (unpaired) electrons. The Morgan fingerprint density at radius 3 is 2.38 bits per heavy atom. The number of pyridine rings is 2. The Bertz CT molecular complexity index is 1570. The molecule has 0 unspecified atom stereocenters. The van der Waals surface area contributed by atoms with Crippen molar-refractivity contribution >= 4 is 17.5 Å². The minimum absolute atomic E-state index is 0.0179. The number of piperidine rings is 1. The van der Waals surface area contributed by atoms with E-state index >= 15 is 0 Å². The van der Waals surface area contributed by atoms with Crippen LogP contribution in [0.15, 0.2) is 41.3 Å². The summed E-state index contributed by atoms with van der Waals surface area (Å²) in [5, 5.41) is 6.09. The highest BCUT2D eigenvalue weighted by molar-refractivity contribution is 5.99. The number of nitrogens with one attached hydrogen (secondary N) is 3. The van der Waals surface area contributed by atoms with E-state index in [2.05, 4.69) is 50.7 Å². The summed E-state index contributed by atoms with van der Waals surface area (Å²) in [6, 6.07) is 10.7. The summed E-state index contributed by atoms with van der Waals surface area (Å²) >= 11 is 0. The van der Waals surface area contributed by atoms with Crippen molar-refractivity contribution < 1.29 is 9.59 Å². The zero-order chi connectivity index (χ0) is 32.1. The number of nitrogens with zero attached hydrogens (tertiary/aromatic N) is 3. The van der Waals surface area contributed by atoms with Crippen LogP contribution in [0.25, 0.3) is 11.1 Å². The Balaban J connectivity index is 1.42. The van der Waals surface area contributed by atoms with E-state index in [9.17, 15) is 14.4 Å². The number of carbonyl (C=O) groups excluding carboxylic acids is 2. The Labute approximate surface area is 266 Å². The van der Waals surface area contributed by atoms with E-state index in [0.29, 0.717) is 17.2 Å². The van der Waals surface area contributed by atoms with Crippen molar-refractivity contribution in [2.24, 2.45) is 0 Å². The second-order valence-electron chi connectivity index (χ2n) is 13.0. The number of benzene rings is 1. The lowest BCUT2D eigenvalue weighted by atomic mass is 9.89. The van der Waals surface area contributed by atoms with Crippen molar-refractivity contribution in [1.29, 1.82) is 0 Å². The second-order valence-corrected chi connectivity index (χ2v) is 13.0. The normalized spacial score (nSPS) is 18.8. The number of likely N-dealkylation sites (tertiary alicyclic amines) is 1. The topological polar surface area (TPSA) is 110 Å². The van der Waals surface area contributed by atoms with Gasteiger partial charge in [0.05, 0.1) is 5.69 Å². The summed E-state index contributed by atoms with van der Waals surface area (Å²) < 4.78 is 0. The number of aromatic amines is 1. The highest BCUT2D eigenvalue weighted by atomic mass is 16.2. The number of aromatic nitrogens is 2. The van der Waals surface area contributed by atoms with Gasteiger partial charge in [0.1, 0.15) is 0 Å². The summed E-state index contributed by atoms with van der Waals surface area (Å²) in [5.74, 6) is -0.197. The number of hydrogen-bond acceptors (Lipinski definition) is 6. The van der Waals surface area contributed by atoms with E-state index in [1.807, 2.05) is 39.1 Å². The molecule has 9 heteroatoms. The lowest BCUT2D eigenvalue weighted by Crippen LogP contribution is -2.42. The molecule has 45 heavy (non-hydrogen) atoms. The van der Waals surface area contributed by atoms with Crippen LogP contribution in [-0.2, 0) is 17.9 Å². The first kappa shape index (κ1) is 32.4. The Hall–Kier alpha value is -3.98. The Kier molecular flexibility index (Phi) is 10.4. The van der Waals surface area contributed by atoms with E-state index in [4.69, 9.17) is 4.98 Å². The van der Waals surface area contributed by atoms with Crippen LogP contribution in [-0.4, -0.2) is 58.9 Å². The highest BCUT2D eigenvalue weighted by Crippen LogP contribution is 2.34. The molecule has 1 aromatic carbocycles. The largest absolute Gasteiger partial charge is 0.371 e. The van der Waals surface area contributed by atoms with Gasteiger partial charge in [-0.1, -0.05) is 12.5 Å². The molecular weight excluding hydrogens is 564 g/mol. The standard InChI is InChI=1S/C36H48N6O3/c1-23-17-24(2)39-36(45)33(23)21-38-35(44)32-18-28(27-9-10-30(37-20-27)22-42-15-7-6-8-16-42)19-34(25(32)3)41(5)31-13-11-29(12-14-31)40-26(4)43/h9-10,17-20,29,31H,6-8,11-16,21-22H2,1-5H3,(H,38,44)(H,39,45)(H,40,43)/t29-,31-. The van der Waals surface area contributed by atoms with E-state index in [1.165, 1.54) is 19.3 Å². The predicted molar refractivity (Wildman–Crippen MR) is 180 cm³/mol. The number of carbonyl (C=O) groups is 2. The van der Waals surface area contributed by atoms with Crippen molar-refractivity contribution in [3.8, 4) is 11.1 Å². The molecule has 1 aliphatic heterocycles. The maximum absolute atomic E-state index is 13.8. The molecule has 3 aromatic rings.